The number of hydrogen-bond acceptors (Lipinski definition) is 3. The number of nitrogens with zero attached hydrogens (tertiary/aromatic N) is 1. The largest absolute Gasteiger partial charge is 0.504 e. The van der Waals surface area contributed by atoms with Gasteiger partial charge in [-0.25, -0.2) is 4.99 Å². The zero-order chi connectivity index (χ0) is 15.7. The third-order valence-electron chi connectivity index (χ3n) is 3.02. The van der Waals surface area contributed by atoms with Gasteiger partial charge in [-0.2, -0.15) is 0 Å². The van der Waals surface area contributed by atoms with E-state index in [1.807, 2.05) is 13.0 Å². The summed E-state index contributed by atoms with van der Waals surface area (Å²) < 4.78 is 5.03. The number of aliphatic imine (C=N–C) groups is 1. The number of hydrogen-bond donors (Lipinski definition) is 3. The van der Waals surface area contributed by atoms with Gasteiger partial charge in [-0.3, -0.25) is 0 Å². The number of phenolic OH excluding ortho intramolecular Hbond substituents is 1. The molecule has 0 saturated heterocycles. The van der Waals surface area contributed by atoms with Crippen LogP contribution in [0.25, 0.3) is 0 Å². The quantitative estimate of drug-likeness (QED) is 0.534. The van der Waals surface area contributed by atoms with Crippen LogP contribution in [0, 0.1) is 5.92 Å². The molecular weight excluding hydrogens is 266 g/mol. The highest BCUT2D eigenvalue weighted by molar-refractivity contribution is 5.79. The van der Waals surface area contributed by atoms with Crippen molar-refractivity contribution in [3.05, 3.63) is 23.8 Å². The van der Waals surface area contributed by atoms with Gasteiger partial charge in [-0.15, -0.1) is 0 Å². The molecule has 3 N–H and O–H groups in total. The molecule has 0 aromatic heterocycles. The second-order valence-electron chi connectivity index (χ2n) is 5.31. The molecule has 0 saturated carbocycles. The van der Waals surface area contributed by atoms with Crippen molar-refractivity contribution >= 4 is 5.96 Å². The maximum absolute atomic E-state index is 9.76. The van der Waals surface area contributed by atoms with Gasteiger partial charge in [0, 0.05) is 13.1 Å². The standard InChI is InChI=1S/C16H27N3O2/c1-5-17-16(18-9-8-12(2)3)19-11-13-6-7-15(21-4)14(20)10-13/h6-7,10,12,20H,5,8-9,11H2,1-4H3,(H2,17,18,19). The minimum atomic E-state index is 0.142. The fourth-order valence-corrected chi connectivity index (χ4v) is 1.83. The van der Waals surface area contributed by atoms with Crippen molar-refractivity contribution in [1.82, 2.24) is 10.6 Å². The molecule has 0 aliphatic rings. The summed E-state index contributed by atoms with van der Waals surface area (Å²) in [5, 5.41) is 16.3. The molecule has 1 rings (SSSR count). The molecular formula is C16H27N3O2. The van der Waals surface area contributed by atoms with E-state index in [2.05, 4.69) is 29.5 Å². The van der Waals surface area contributed by atoms with Crippen LogP contribution in [-0.2, 0) is 6.54 Å². The first-order valence-corrected chi connectivity index (χ1v) is 7.44. The molecule has 0 radical (unpaired) electrons. The Balaban J connectivity index is 2.62. The van der Waals surface area contributed by atoms with E-state index in [4.69, 9.17) is 4.74 Å². The molecule has 5 heteroatoms. The Kier molecular flexibility index (Phi) is 7.43. The molecule has 0 fully saturated rings. The molecule has 0 spiro atoms. The number of nitrogens with one attached hydrogen (secondary N) is 2. The average Bonchev–Trinajstić information content (AvgIpc) is 2.44. The maximum atomic E-state index is 9.76. The zero-order valence-electron chi connectivity index (χ0n) is 13.4. The molecule has 0 heterocycles. The van der Waals surface area contributed by atoms with Crippen molar-refractivity contribution in [3.8, 4) is 11.5 Å². The van der Waals surface area contributed by atoms with E-state index < -0.39 is 0 Å². The van der Waals surface area contributed by atoms with Crippen LogP contribution in [0.4, 0.5) is 0 Å². The van der Waals surface area contributed by atoms with E-state index in [0.717, 1.165) is 31.0 Å². The SMILES string of the molecule is CCNC(=NCc1ccc(OC)c(O)c1)NCCC(C)C. The van der Waals surface area contributed by atoms with E-state index in [9.17, 15) is 5.11 Å². The van der Waals surface area contributed by atoms with Crippen LogP contribution in [0.3, 0.4) is 0 Å². The normalized spacial score (nSPS) is 11.6. The van der Waals surface area contributed by atoms with Crippen molar-refractivity contribution in [3.63, 3.8) is 0 Å². The molecule has 5 nitrogen and oxygen atoms in total. The topological polar surface area (TPSA) is 65.9 Å². The van der Waals surface area contributed by atoms with Crippen LogP contribution in [0.5, 0.6) is 11.5 Å². The van der Waals surface area contributed by atoms with Crippen molar-refractivity contribution in [2.24, 2.45) is 10.9 Å². The molecule has 0 atom stereocenters. The summed E-state index contributed by atoms with van der Waals surface area (Å²) in [6.45, 7) is 8.67. The van der Waals surface area contributed by atoms with Gasteiger partial charge in [-0.05, 0) is 37.0 Å². The number of ether oxygens (including phenoxy) is 1. The first-order chi connectivity index (χ1) is 10.1. The molecule has 1 aromatic carbocycles. The molecule has 0 unspecified atom stereocenters. The Morgan fingerprint density at radius 2 is 2.10 bits per heavy atom. The monoisotopic (exact) mass is 293 g/mol. The summed E-state index contributed by atoms with van der Waals surface area (Å²) in [6.07, 6.45) is 1.10. The van der Waals surface area contributed by atoms with Gasteiger partial charge in [0.15, 0.2) is 17.5 Å². The van der Waals surface area contributed by atoms with Crippen molar-refractivity contribution in [1.29, 1.82) is 0 Å². The summed E-state index contributed by atoms with van der Waals surface area (Å²) in [6, 6.07) is 5.33. The van der Waals surface area contributed by atoms with E-state index in [-0.39, 0.29) is 5.75 Å². The Morgan fingerprint density at radius 3 is 2.67 bits per heavy atom. The fraction of sp³-hybridized carbons (Fsp3) is 0.562. The van der Waals surface area contributed by atoms with Gasteiger partial charge in [0.1, 0.15) is 0 Å². The van der Waals surface area contributed by atoms with Crippen LogP contribution in [0.2, 0.25) is 0 Å². The third-order valence-corrected chi connectivity index (χ3v) is 3.02. The second-order valence-corrected chi connectivity index (χ2v) is 5.31. The van der Waals surface area contributed by atoms with Crippen molar-refractivity contribution in [2.45, 2.75) is 33.7 Å². The third kappa shape index (κ3) is 6.38. The molecule has 118 valence electrons. The van der Waals surface area contributed by atoms with Crippen LogP contribution in [0.15, 0.2) is 23.2 Å². The first-order valence-electron chi connectivity index (χ1n) is 7.44. The van der Waals surface area contributed by atoms with Gasteiger partial charge < -0.3 is 20.5 Å². The highest BCUT2D eigenvalue weighted by atomic mass is 16.5. The molecule has 0 aliphatic heterocycles. The van der Waals surface area contributed by atoms with Gasteiger partial charge in [0.25, 0.3) is 0 Å². The highest BCUT2D eigenvalue weighted by Crippen LogP contribution is 2.26. The lowest BCUT2D eigenvalue weighted by molar-refractivity contribution is 0.373. The Bertz CT molecular complexity index is 459. The van der Waals surface area contributed by atoms with Crippen LogP contribution in [-0.4, -0.2) is 31.3 Å². The summed E-state index contributed by atoms with van der Waals surface area (Å²) in [7, 11) is 1.54. The number of guanidine groups is 1. The number of aromatic hydroxyl groups is 1. The van der Waals surface area contributed by atoms with Gasteiger partial charge in [-0.1, -0.05) is 19.9 Å². The highest BCUT2D eigenvalue weighted by Gasteiger charge is 2.03. The lowest BCUT2D eigenvalue weighted by Crippen LogP contribution is -2.38. The van der Waals surface area contributed by atoms with E-state index >= 15 is 0 Å². The molecule has 0 bridgehead atoms. The molecule has 0 aliphatic carbocycles. The van der Waals surface area contributed by atoms with E-state index in [1.165, 1.54) is 7.11 Å². The fourth-order valence-electron chi connectivity index (χ4n) is 1.83. The van der Waals surface area contributed by atoms with Gasteiger partial charge in [0.2, 0.25) is 0 Å². The lowest BCUT2D eigenvalue weighted by Gasteiger charge is -2.12. The predicted molar refractivity (Wildman–Crippen MR) is 86.9 cm³/mol. The molecule has 21 heavy (non-hydrogen) atoms. The van der Waals surface area contributed by atoms with Crippen LogP contribution in [0.1, 0.15) is 32.8 Å². The Hall–Kier alpha value is -1.91. The van der Waals surface area contributed by atoms with Crippen molar-refractivity contribution in [2.75, 3.05) is 20.2 Å². The first kappa shape index (κ1) is 17.1. The van der Waals surface area contributed by atoms with Crippen LogP contribution < -0.4 is 15.4 Å². The summed E-state index contributed by atoms with van der Waals surface area (Å²) in [5.74, 6) is 2.08. The Labute approximate surface area is 127 Å². The number of benzene rings is 1. The number of rotatable bonds is 7. The lowest BCUT2D eigenvalue weighted by atomic mass is 10.1. The summed E-state index contributed by atoms with van der Waals surface area (Å²) in [5.41, 5.74) is 0.939. The Morgan fingerprint density at radius 1 is 1.33 bits per heavy atom. The minimum Gasteiger partial charge on any atom is -0.504 e. The zero-order valence-corrected chi connectivity index (χ0v) is 13.4. The predicted octanol–water partition coefficient (Wildman–Crippen LogP) is 2.50. The molecule has 0 amide bonds. The van der Waals surface area contributed by atoms with Gasteiger partial charge >= 0.3 is 0 Å². The summed E-state index contributed by atoms with van der Waals surface area (Å²) >= 11 is 0. The molecule has 1 aromatic rings. The van der Waals surface area contributed by atoms with Crippen LogP contribution >= 0.6 is 0 Å². The number of phenols is 1. The smallest absolute Gasteiger partial charge is 0.191 e. The maximum Gasteiger partial charge on any atom is 0.191 e. The van der Waals surface area contributed by atoms with Crippen molar-refractivity contribution < 1.29 is 9.84 Å². The second kappa shape index (κ2) is 9.10. The minimum absolute atomic E-state index is 0.142. The summed E-state index contributed by atoms with van der Waals surface area (Å²) in [4.78, 5) is 4.52. The van der Waals surface area contributed by atoms with E-state index in [1.54, 1.807) is 12.1 Å². The number of methoxy groups -OCH3 is 1. The van der Waals surface area contributed by atoms with Gasteiger partial charge in [0.05, 0.1) is 13.7 Å². The average molecular weight is 293 g/mol. The van der Waals surface area contributed by atoms with E-state index in [0.29, 0.717) is 18.2 Å².